The lowest BCUT2D eigenvalue weighted by Gasteiger charge is -2.37. The summed E-state index contributed by atoms with van der Waals surface area (Å²) in [6.07, 6.45) is 9.99. The van der Waals surface area contributed by atoms with Crippen LogP contribution in [0.3, 0.4) is 0 Å². The van der Waals surface area contributed by atoms with E-state index in [1.165, 1.54) is 23.2 Å². The van der Waals surface area contributed by atoms with Crippen molar-refractivity contribution in [1.29, 1.82) is 0 Å². The molecule has 0 atom stereocenters. The van der Waals surface area contributed by atoms with Gasteiger partial charge in [-0.2, -0.15) is 19.6 Å². The molecule has 18 nitrogen and oxygen atoms in total. The molecule has 4 aromatic rings. The standard InChI is InChI=1S/C22H33N5O3.C14H23BN2O4.C14H22BrN3O/c1-22(2,3)30-21(28)27-14-15(13-24-27)17-11-18(23)20(29-6)12-19(17)26-9-7-16(8-10-26)25(4)5;1-12(2,3)19-11(18)17-9-10(8-16-17)15-20-13(4,5)14(6,7)21-15;1-17(2)10-4-6-18(7-5-10)13-9-14(19-3)12(16)8-11(13)15/h11-14,16H,7-10,23H2,1-6H3;8-9H,1-7H3;8-10H,4-7,16H2,1-3H3. The third-order valence-corrected chi connectivity index (χ3v) is 13.5. The fourth-order valence-corrected chi connectivity index (χ4v) is 8.81. The number of nitrogens with zero attached hydrogens (tertiary/aromatic N) is 8. The van der Waals surface area contributed by atoms with E-state index in [-0.39, 0.29) is 0 Å². The Kier molecular flexibility index (Phi) is 18.0. The van der Waals surface area contributed by atoms with Gasteiger partial charge in [0.15, 0.2) is 0 Å². The van der Waals surface area contributed by atoms with Gasteiger partial charge in [-0.1, -0.05) is 0 Å². The maximum Gasteiger partial charge on any atom is 0.498 e. The molecule has 70 heavy (non-hydrogen) atoms. The first-order chi connectivity index (χ1) is 32.5. The molecule has 0 unspecified atom stereocenters. The van der Waals surface area contributed by atoms with Crippen molar-refractivity contribution >= 4 is 63.4 Å². The number of aromatic nitrogens is 4. The summed E-state index contributed by atoms with van der Waals surface area (Å²) in [6, 6.07) is 9.08. The highest BCUT2D eigenvalue weighted by atomic mass is 79.9. The number of carbonyl (C=O) groups is 2. The number of benzene rings is 2. The second-order valence-corrected chi connectivity index (χ2v) is 22.3. The number of nitrogens with two attached hydrogens (primary N) is 2. The highest BCUT2D eigenvalue weighted by Gasteiger charge is 2.52. The monoisotopic (exact) mass is 1040 g/mol. The lowest BCUT2D eigenvalue weighted by atomic mass is 9.82. The molecule has 5 heterocycles. The number of nitrogen functional groups attached to an aromatic ring is 2. The fraction of sp³-hybridized carbons (Fsp3) is 0.600. The Labute approximate surface area is 424 Å². The third-order valence-electron chi connectivity index (χ3n) is 12.9. The van der Waals surface area contributed by atoms with Crippen molar-refractivity contribution < 1.29 is 37.8 Å². The number of carbonyl (C=O) groups excluding carboxylic acids is 2. The summed E-state index contributed by atoms with van der Waals surface area (Å²) in [7, 11) is 11.3. The molecular formula is C50H78BBrN10O8. The normalized spacial score (nSPS) is 17.4. The lowest BCUT2D eigenvalue weighted by molar-refractivity contribution is 0.00578. The van der Waals surface area contributed by atoms with Gasteiger partial charge in [0.05, 0.1) is 48.7 Å². The van der Waals surface area contributed by atoms with Crippen LogP contribution in [0, 0.1) is 0 Å². The summed E-state index contributed by atoms with van der Waals surface area (Å²) in [5.41, 5.74) is 16.0. The van der Waals surface area contributed by atoms with Crippen molar-refractivity contribution in [2.45, 2.75) is 129 Å². The van der Waals surface area contributed by atoms with Crippen LogP contribution in [0.1, 0.15) is 94.9 Å². The van der Waals surface area contributed by atoms with Gasteiger partial charge in [-0.3, -0.25) is 0 Å². The van der Waals surface area contributed by atoms with E-state index in [0.29, 0.717) is 34.7 Å². The van der Waals surface area contributed by atoms with E-state index < -0.39 is 41.7 Å². The molecule has 2 aromatic carbocycles. The zero-order chi connectivity index (χ0) is 52.1. The van der Waals surface area contributed by atoms with Crippen molar-refractivity contribution in [1.82, 2.24) is 29.4 Å². The van der Waals surface area contributed by atoms with Crippen molar-refractivity contribution in [3.05, 3.63) is 53.5 Å². The summed E-state index contributed by atoms with van der Waals surface area (Å²) < 4.78 is 36.7. The largest absolute Gasteiger partial charge is 0.498 e. The number of halogens is 1. The number of piperidine rings is 2. The number of methoxy groups -OCH3 is 2. The van der Waals surface area contributed by atoms with Gasteiger partial charge in [-0.25, -0.2) is 9.59 Å². The number of hydrogen-bond acceptors (Lipinski definition) is 16. The Morgan fingerprint density at radius 3 is 1.54 bits per heavy atom. The Morgan fingerprint density at radius 2 is 1.10 bits per heavy atom. The molecule has 0 amide bonds. The molecule has 3 aliphatic heterocycles. The highest BCUT2D eigenvalue weighted by Crippen LogP contribution is 2.40. The minimum Gasteiger partial charge on any atom is -0.495 e. The predicted octanol–water partition coefficient (Wildman–Crippen LogP) is 7.99. The molecule has 0 spiro atoms. The first kappa shape index (κ1) is 55.9. The smallest absolute Gasteiger partial charge is 0.495 e. The van der Waals surface area contributed by atoms with Crippen LogP contribution in [-0.2, 0) is 18.8 Å². The maximum atomic E-state index is 12.4. The fourth-order valence-electron chi connectivity index (χ4n) is 8.20. The van der Waals surface area contributed by atoms with Crippen LogP contribution in [0.25, 0.3) is 11.1 Å². The number of hydrogen-bond donors (Lipinski definition) is 2. The van der Waals surface area contributed by atoms with Crippen molar-refractivity contribution in [3.8, 4) is 22.6 Å². The Bertz CT molecular complexity index is 2380. The van der Waals surface area contributed by atoms with Crippen LogP contribution in [0.15, 0.2) is 53.5 Å². The maximum absolute atomic E-state index is 12.4. The van der Waals surface area contributed by atoms with Crippen LogP contribution in [0.4, 0.5) is 32.3 Å². The number of ether oxygens (including phenoxy) is 4. The van der Waals surface area contributed by atoms with Crippen LogP contribution in [0.5, 0.6) is 11.5 Å². The molecule has 3 fully saturated rings. The third kappa shape index (κ3) is 14.3. The van der Waals surface area contributed by atoms with Crippen LogP contribution >= 0.6 is 15.9 Å². The van der Waals surface area contributed by atoms with Crippen molar-refractivity contribution in [3.63, 3.8) is 0 Å². The summed E-state index contributed by atoms with van der Waals surface area (Å²) in [5.74, 6) is 1.39. The van der Waals surface area contributed by atoms with E-state index in [0.717, 1.165) is 70.7 Å². The van der Waals surface area contributed by atoms with E-state index >= 15 is 0 Å². The highest BCUT2D eigenvalue weighted by molar-refractivity contribution is 9.10. The Hall–Kier alpha value is -5.02. The SMILES string of the molecule is CC(C)(C)OC(=O)n1cc(B2OC(C)(C)C(C)(C)O2)cn1.COc1cc(N2CCC(N(C)C)CC2)c(-c2cnn(C(=O)OC(C)(C)C)c2)cc1N.COc1cc(N2CCC(N(C)C)CC2)c(Br)cc1N. The molecule has 3 aliphatic rings. The molecule has 3 saturated heterocycles. The van der Waals surface area contributed by atoms with Gasteiger partial charge in [0.25, 0.3) is 0 Å². The topological polar surface area (TPSA) is 190 Å². The van der Waals surface area contributed by atoms with E-state index in [9.17, 15) is 9.59 Å². The molecule has 0 bridgehead atoms. The second kappa shape index (κ2) is 22.6. The summed E-state index contributed by atoms with van der Waals surface area (Å²) >= 11 is 3.60. The summed E-state index contributed by atoms with van der Waals surface area (Å²) in [5, 5.41) is 8.24. The van der Waals surface area contributed by atoms with E-state index in [2.05, 4.69) is 73.9 Å². The van der Waals surface area contributed by atoms with Gasteiger partial charge in [-0.05, 0) is 151 Å². The average Bonchev–Trinajstić information content (AvgIpc) is 4.02. The Morgan fingerprint density at radius 1 is 0.686 bits per heavy atom. The first-order valence-corrected chi connectivity index (χ1v) is 24.7. The van der Waals surface area contributed by atoms with Crippen molar-refractivity contribution in [2.75, 3.05) is 89.9 Å². The van der Waals surface area contributed by atoms with Crippen molar-refractivity contribution in [2.24, 2.45) is 0 Å². The van der Waals surface area contributed by atoms with Gasteiger partial charge in [0.2, 0.25) is 0 Å². The van der Waals surface area contributed by atoms with E-state index in [4.69, 9.17) is 39.7 Å². The zero-order valence-electron chi connectivity index (χ0n) is 44.4. The van der Waals surface area contributed by atoms with Gasteiger partial charge in [0.1, 0.15) is 22.7 Å². The number of rotatable bonds is 8. The molecule has 386 valence electrons. The first-order valence-electron chi connectivity index (χ1n) is 23.9. The molecule has 7 rings (SSSR count). The lowest BCUT2D eigenvalue weighted by Crippen LogP contribution is -2.42. The Balaban J connectivity index is 0.000000202. The van der Waals surface area contributed by atoms with Gasteiger partial charge in [-0.15, -0.1) is 0 Å². The molecule has 2 aromatic heterocycles. The van der Waals surface area contributed by atoms with E-state index in [1.54, 1.807) is 39.0 Å². The quantitative estimate of drug-likeness (QED) is 0.127. The van der Waals surface area contributed by atoms with Crippen LogP contribution in [0.2, 0.25) is 0 Å². The minimum absolute atomic E-state index is 0.425. The molecule has 0 radical (unpaired) electrons. The average molecular weight is 1040 g/mol. The second-order valence-electron chi connectivity index (χ2n) is 21.5. The van der Waals surface area contributed by atoms with E-state index in [1.807, 2.05) is 93.5 Å². The molecule has 4 N–H and O–H groups in total. The van der Waals surface area contributed by atoms with Gasteiger partial charge >= 0.3 is 19.3 Å². The van der Waals surface area contributed by atoms with Gasteiger partial charge in [0, 0.05) is 95.7 Å². The summed E-state index contributed by atoms with van der Waals surface area (Å²) in [6.45, 7) is 22.8. The molecular weight excluding hydrogens is 959 g/mol. The molecule has 0 saturated carbocycles. The predicted molar refractivity (Wildman–Crippen MR) is 283 cm³/mol. The van der Waals surface area contributed by atoms with Crippen LogP contribution in [-0.4, -0.2) is 152 Å². The molecule has 0 aliphatic carbocycles. The number of anilines is 4. The molecule has 20 heteroatoms. The minimum atomic E-state index is -0.588. The zero-order valence-corrected chi connectivity index (χ0v) is 46.0. The summed E-state index contributed by atoms with van der Waals surface area (Å²) in [4.78, 5) is 33.7. The van der Waals surface area contributed by atoms with Crippen LogP contribution < -0.4 is 36.2 Å². The van der Waals surface area contributed by atoms with Gasteiger partial charge < -0.3 is 59.3 Å².